The fraction of sp³-hybridized carbons (Fsp3) is 0.0250. The van der Waals surface area contributed by atoms with Gasteiger partial charge in [0.2, 0.25) is 0 Å². The molecule has 0 saturated heterocycles. The largest absolute Gasteiger partial charge is 0.255 e. The van der Waals surface area contributed by atoms with Gasteiger partial charge in [-0.1, -0.05) is 104 Å². The Labute approximate surface area is 248 Å². The number of thiophene rings is 1. The summed E-state index contributed by atoms with van der Waals surface area (Å²) in [6, 6.07) is 42.1. The summed E-state index contributed by atoms with van der Waals surface area (Å²) in [6.07, 6.45) is 5.86. The predicted molar refractivity (Wildman–Crippen MR) is 184 cm³/mol. The molecule has 0 saturated carbocycles. The van der Waals surface area contributed by atoms with E-state index in [0.717, 1.165) is 11.3 Å². The molecule has 8 rings (SSSR count). The van der Waals surface area contributed by atoms with Gasteiger partial charge in [0.25, 0.3) is 0 Å². The maximum atomic E-state index is 4.90. The summed E-state index contributed by atoms with van der Waals surface area (Å²) in [5, 5.41) is 10.3. The first-order valence-electron chi connectivity index (χ1n) is 14.2. The first-order chi connectivity index (χ1) is 20.7. The summed E-state index contributed by atoms with van der Waals surface area (Å²) < 4.78 is 2.50. The molecule has 0 aliphatic heterocycles. The molecule has 8 aromatic rings. The van der Waals surface area contributed by atoms with E-state index in [1.807, 2.05) is 23.6 Å². The van der Waals surface area contributed by atoms with Crippen LogP contribution >= 0.6 is 11.3 Å². The van der Waals surface area contributed by atoms with Gasteiger partial charge in [0.1, 0.15) is 0 Å². The zero-order chi connectivity index (χ0) is 28.2. The highest BCUT2D eigenvalue weighted by atomic mass is 32.1. The van der Waals surface area contributed by atoms with Crippen molar-refractivity contribution in [2.75, 3.05) is 0 Å². The molecule has 0 fully saturated rings. The summed E-state index contributed by atoms with van der Waals surface area (Å²) in [7, 11) is 0. The highest BCUT2D eigenvalue weighted by Crippen LogP contribution is 2.41. The summed E-state index contributed by atoms with van der Waals surface area (Å²) in [4.78, 5) is 4.90. The van der Waals surface area contributed by atoms with Crippen molar-refractivity contribution in [1.82, 2.24) is 4.98 Å². The molecule has 0 N–H and O–H groups in total. The Balaban J connectivity index is 1.29. The van der Waals surface area contributed by atoms with Gasteiger partial charge in [-0.25, -0.2) is 0 Å². The molecule has 2 heterocycles. The SMILES string of the molecule is C=CC=C(C)c1ccc2sc3c(-c4cccc(-c5ccc6c7ccccc7c7ccccc7c6c5)c4)nccc3c2c1. The van der Waals surface area contributed by atoms with Crippen LogP contribution in [0.25, 0.3) is 80.4 Å². The molecule has 0 unspecified atom stereocenters. The van der Waals surface area contributed by atoms with Crippen molar-refractivity contribution >= 4 is 69.4 Å². The van der Waals surface area contributed by atoms with Gasteiger partial charge < -0.3 is 0 Å². The van der Waals surface area contributed by atoms with Crippen LogP contribution in [-0.4, -0.2) is 4.98 Å². The molecule has 1 nitrogen and oxygen atoms in total. The molecule has 0 spiro atoms. The Kier molecular flexibility index (Phi) is 5.77. The van der Waals surface area contributed by atoms with Crippen LogP contribution in [0.2, 0.25) is 0 Å². The summed E-state index contributed by atoms with van der Waals surface area (Å²) in [5.74, 6) is 0. The lowest BCUT2D eigenvalue weighted by atomic mass is 9.91. The molecule has 0 bridgehead atoms. The molecular formula is C40H27NS. The zero-order valence-corrected chi connectivity index (χ0v) is 24.1. The Hall–Kier alpha value is -5.05. The van der Waals surface area contributed by atoms with Gasteiger partial charge in [0, 0.05) is 27.2 Å². The smallest absolute Gasteiger partial charge is 0.0880 e. The molecule has 0 radical (unpaired) electrons. The van der Waals surface area contributed by atoms with Crippen molar-refractivity contribution < 1.29 is 0 Å². The van der Waals surface area contributed by atoms with E-state index in [1.54, 1.807) is 0 Å². The standard InChI is InChI=1S/C40H27NS/c1-3-9-25(2)26-17-19-38-37(23-26)35-20-21-41-39(40(35)42-38)29-11-8-10-27(22-29)28-16-18-34-32-14-5-4-12-30(32)31-13-6-7-15-33(31)36(34)24-28/h3-24H,1H2,2H3. The van der Waals surface area contributed by atoms with Crippen LogP contribution in [0, 0.1) is 0 Å². The van der Waals surface area contributed by atoms with Crippen LogP contribution < -0.4 is 0 Å². The van der Waals surface area contributed by atoms with Crippen LogP contribution in [0.15, 0.2) is 140 Å². The minimum Gasteiger partial charge on any atom is -0.255 e. The van der Waals surface area contributed by atoms with E-state index in [1.165, 1.54) is 74.8 Å². The second kappa shape index (κ2) is 9.80. The van der Waals surface area contributed by atoms with Gasteiger partial charge in [-0.3, -0.25) is 4.98 Å². The molecule has 42 heavy (non-hydrogen) atoms. The van der Waals surface area contributed by atoms with E-state index in [0.29, 0.717) is 0 Å². The van der Waals surface area contributed by atoms with Gasteiger partial charge in [-0.2, -0.15) is 0 Å². The molecule has 198 valence electrons. The summed E-state index contributed by atoms with van der Waals surface area (Å²) in [6.45, 7) is 5.99. The Morgan fingerprint density at radius 3 is 2.00 bits per heavy atom. The van der Waals surface area contributed by atoms with Gasteiger partial charge in [0.15, 0.2) is 0 Å². The lowest BCUT2D eigenvalue weighted by Crippen LogP contribution is -1.87. The van der Waals surface area contributed by atoms with Crippen LogP contribution in [0.4, 0.5) is 0 Å². The van der Waals surface area contributed by atoms with Crippen LogP contribution in [0.5, 0.6) is 0 Å². The monoisotopic (exact) mass is 553 g/mol. The van der Waals surface area contributed by atoms with E-state index in [9.17, 15) is 0 Å². The Bertz CT molecular complexity index is 2350. The second-order valence-corrected chi connectivity index (χ2v) is 11.9. The number of aromatic nitrogens is 1. The fourth-order valence-electron chi connectivity index (χ4n) is 6.36. The molecule has 0 amide bonds. The number of allylic oxidation sites excluding steroid dienone is 3. The lowest BCUT2D eigenvalue weighted by Gasteiger charge is -2.12. The highest BCUT2D eigenvalue weighted by Gasteiger charge is 2.14. The van der Waals surface area contributed by atoms with E-state index in [-0.39, 0.29) is 0 Å². The normalized spacial score (nSPS) is 12.2. The first-order valence-corrected chi connectivity index (χ1v) is 15.1. The summed E-state index contributed by atoms with van der Waals surface area (Å²) >= 11 is 1.82. The number of hydrogen-bond donors (Lipinski definition) is 0. The molecule has 0 atom stereocenters. The second-order valence-electron chi connectivity index (χ2n) is 10.9. The van der Waals surface area contributed by atoms with Gasteiger partial charge in [-0.05, 0) is 91.8 Å². The van der Waals surface area contributed by atoms with Crippen molar-refractivity contribution in [3.8, 4) is 22.4 Å². The molecule has 0 aliphatic rings. The average Bonchev–Trinajstić information content (AvgIpc) is 3.43. The number of rotatable bonds is 4. The van der Waals surface area contributed by atoms with Gasteiger partial charge in [-0.15, -0.1) is 11.3 Å². The minimum atomic E-state index is 1.03. The first kappa shape index (κ1) is 24.7. The third kappa shape index (κ3) is 3.88. The topological polar surface area (TPSA) is 12.9 Å². The van der Waals surface area contributed by atoms with Crippen LogP contribution in [0.1, 0.15) is 12.5 Å². The van der Waals surface area contributed by atoms with Crippen molar-refractivity contribution in [1.29, 1.82) is 0 Å². The molecule has 2 heteroatoms. The van der Waals surface area contributed by atoms with E-state index in [2.05, 4.69) is 135 Å². The van der Waals surface area contributed by atoms with Crippen LogP contribution in [-0.2, 0) is 0 Å². The number of pyridine rings is 1. The molecule has 6 aromatic carbocycles. The number of nitrogens with zero attached hydrogens (tertiary/aromatic N) is 1. The van der Waals surface area contributed by atoms with Crippen molar-refractivity contribution in [2.45, 2.75) is 6.92 Å². The van der Waals surface area contributed by atoms with Crippen LogP contribution in [0.3, 0.4) is 0 Å². The Morgan fingerprint density at radius 2 is 1.26 bits per heavy atom. The summed E-state index contributed by atoms with van der Waals surface area (Å²) in [5.41, 5.74) is 7.01. The fourth-order valence-corrected chi connectivity index (χ4v) is 7.55. The van der Waals surface area contributed by atoms with Crippen molar-refractivity contribution in [3.63, 3.8) is 0 Å². The highest BCUT2D eigenvalue weighted by molar-refractivity contribution is 7.26. The maximum absolute atomic E-state index is 4.90. The van der Waals surface area contributed by atoms with Gasteiger partial charge in [0.05, 0.1) is 10.4 Å². The van der Waals surface area contributed by atoms with E-state index < -0.39 is 0 Å². The number of fused-ring (bicyclic) bond motifs is 9. The lowest BCUT2D eigenvalue weighted by molar-refractivity contribution is 1.37. The minimum absolute atomic E-state index is 1.03. The zero-order valence-electron chi connectivity index (χ0n) is 23.3. The molecule has 0 aliphatic carbocycles. The number of benzene rings is 6. The Morgan fingerprint density at radius 1 is 0.595 bits per heavy atom. The third-order valence-corrected chi connectivity index (χ3v) is 9.62. The van der Waals surface area contributed by atoms with E-state index >= 15 is 0 Å². The molecular weight excluding hydrogens is 527 g/mol. The average molecular weight is 554 g/mol. The molecule has 2 aromatic heterocycles. The van der Waals surface area contributed by atoms with Gasteiger partial charge >= 0.3 is 0 Å². The van der Waals surface area contributed by atoms with E-state index in [4.69, 9.17) is 4.98 Å². The predicted octanol–water partition coefficient (Wildman–Crippen LogP) is 11.8. The number of hydrogen-bond acceptors (Lipinski definition) is 2. The van der Waals surface area contributed by atoms with Crippen molar-refractivity contribution in [3.05, 3.63) is 146 Å². The quantitative estimate of drug-likeness (QED) is 0.156. The van der Waals surface area contributed by atoms with Crippen molar-refractivity contribution in [2.24, 2.45) is 0 Å². The maximum Gasteiger partial charge on any atom is 0.0880 e. The third-order valence-electron chi connectivity index (χ3n) is 8.42.